The number of hydrogen-bond donors (Lipinski definition) is 0. The molecule has 70 valence electrons. The largest absolute Gasteiger partial charge is 0.492 e. The first-order valence-corrected chi connectivity index (χ1v) is 4.49. The van der Waals surface area contributed by atoms with E-state index in [1.165, 1.54) is 0 Å². The predicted octanol–water partition coefficient (Wildman–Crippen LogP) is 3.02. The van der Waals surface area contributed by atoms with Gasteiger partial charge in [-0.3, -0.25) is 0 Å². The van der Waals surface area contributed by atoms with E-state index in [1.54, 1.807) is 7.05 Å². The predicted molar refractivity (Wildman–Crippen MR) is 53.1 cm³/mol. The van der Waals surface area contributed by atoms with Crippen LogP contribution in [-0.4, -0.2) is 19.5 Å². The lowest BCUT2D eigenvalue weighted by molar-refractivity contribution is 0.343. The molecule has 0 radical (unpaired) electrons. The van der Waals surface area contributed by atoms with Gasteiger partial charge in [0.1, 0.15) is 12.4 Å². The van der Waals surface area contributed by atoms with Crippen LogP contribution in [0.4, 0.5) is 5.69 Å². The zero-order valence-corrected chi connectivity index (χ0v) is 8.16. The van der Waals surface area contributed by atoms with Crippen LogP contribution < -0.4 is 4.74 Å². The summed E-state index contributed by atoms with van der Waals surface area (Å²) in [5, 5.41) is 7.53. The van der Waals surface area contributed by atoms with Gasteiger partial charge in [0.25, 0.3) is 0 Å². The van der Waals surface area contributed by atoms with Crippen molar-refractivity contribution in [3.8, 4) is 5.75 Å². The fourth-order valence-corrected chi connectivity index (χ4v) is 0.958. The summed E-state index contributed by atoms with van der Waals surface area (Å²) in [7, 11) is 1.64. The van der Waals surface area contributed by atoms with Crippen LogP contribution in [-0.2, 0) is 0 Å². The highest BCUT2D eigenvalue weighted by Crippen LogP contribution is 2.17. The zero-order chi connectivity index (χ0) is 9.52. The van der Waals surface area contributed by atoms with E-state index >= 15 is 0 Å². The molecular weight excluding hydrogens is 188 g/mol. The van der Waals surface area contributed by atoms with Gasteiger partial charge in [-0.2, -0.15) is 10.2 Å². The molecular formula is C9H11ClN2O. The maximum atomic E-state index is 5.47. The van der Waals surface area contributed by atoms with Crippen LogP contribution in [0, 0.1) is 0 Å². The second kappa shape index (κ2) is 5.54. The molecule has 13 heavy (non-hydrogen) atoms. The summed E-state index contributed by atoms with van der Waals surface area (Å²) in [4.78, 5) is 0. The minimum absolute atomic E-state index is 0.496. The minimum Gasteiger partial charge on any atom is -0.492 e. The van der Waals surface area contributed by atoms with Crippen LogP contribution in [0.5, 0.6) is 5.75 Å². The number of azo groups is 1. The molecule has 0 spiro atoms. The third-order valence-corrected chi connectivity index (χ3v) is 1.55. The van der Waals surface area contributed by atoms with Gasteiger partial charge in [0, 0.05) is 7.05 Å². The molecule has 0 saturated carbocycles. The Labute approximate surface area is 82.4 Å². The Bertz CT molecular complexity index is 271. The molecule has 0 bridgehead atoms. The summed E-state index contributed by atoms with van der Waals surface area (Å²) < 4.78 is 5.28. The van der Waals surface area contributed by atoms with Crippen LogP contribution in [0.25, 0.3) is 0 Å². The second-order valence-corrected chi connectivity index (χ2v) is 2.71. The lowest BCUT2D eigenvalue weighted by Gasteiger charge is -2.02. The molecule has 0 aromatic heterocycles. The Kier molecular flexibility index (Phi) is 4.26. The maximum Gasteiger partial charge on any atom is 0.119 e. The number of benzene rings is 1. The van der Waals surface area contributed by atoms with Crippen molar-refractivity contribution in [2.75, 3.05) is 19.5 Å². The number of ether oxygens (including phenoxy) is 1. The molecule has 1 rings (SSSR count). The Hall–Kier alpha value is -1.09. The Balaban J connectivity index is 2.58. The molecule has 4 heteroatoms. The smallest absolute Gasteiger partial charge is 0.119 e. The van der Waals surface area contributed by atoms with Crippen molar-refractivity contribution in [3.05, 3.63) is 24.3 Å². The van der Waals surface area contributed by atoms with Gasteiger partial charge >= 0.3 is 0 Å². The first-order valence-electron chi connectivity index (χ1n) is 3.95. The summed E-state index contributed by atoms with van der Waals surface area (Å²) in [5.41, 5.74) is 0.820. The molecule has 0 aliphatic heterocycles. The highest BCUT2D eigenvalue weighted by molar-refractivity contribution is 6.17. The molecule has 0 atom stereocenters. The molecule has 0 fully saturated rings. The van der Waals surface area contributed by atoms with Gasteiger partial charge in [-0.1, -0.05) is 0 Å². The lowest BCUT2D eigenvalue weighted by atomic mass is 10.3. The van der Waals surface area contributed by atoms with Crippen molar-refractivity contribution in [2.45, 2.75) is 0 Å². The average molecular weight is 199 g/mol. The van der Waals surface area contributed by atoms with Crippen LogP contribution in [0.2, 0.25) is 0 Å². The van der Waals surface area contributed by atoms with Gasteiger partial charge in [0.05, 0.1) is 11.6 Å². The van der Waals surface area contributed by atoms with Crippen molar-refractivity contribution in [3.63, 3.8) is 0 Å². The van der Waals surface area contributed by atoms with Crippen molar-refractivity contribution in [1.82, 2.24) is 0 Å². The fourth-order valence-electron chi connectivity index (χ4n) is 0.881. The SMILES string of the molecule is C/N=N/c1ccc(OCCCl)cc1. The number of nitrogens with zero attached hydrogens (tertiary/aromatic N) is 2. The number of alkyl halides is 1. The highest BCUT2D eigenvalue weighted by Gasteiger charge is 1.92. The fraction of sp³-hybridized carbons (Fsp3) is 0.333. The third kappa shape index (κ3) is 3.42. The van der Waals surface area contributed by atoms with E-state index in [2.05, 4.69) is 10.2 Å². The van der Waals surface area contributed by atoms with Crippen molar-refractivity contribution < 1.29 is 4.74 Å². The van der Waals surface area contributed by atoms with E-state index in [9.17, 15) is 0 Å². The number of rotatable bonds is 4. The average Bonchev–Trinajstić information content (AvgIpc) is 2.17. The van der Waals surface area contributed by atoms with Crippen LogP contribution in [0.15, 0.2) is 34.5 Å². The summed E-state index contributed by atoms with van der Waals surface area (Å²) >= 11 is 5.47. The lowest BCUT2D eigenvalue weighted by Crippen LogP contribution is -1.97. The van der Waals surface area contributed by atoms with Gasteiger partial charge in [-0.15, -0.1) is 11.6 Å². The van der Waals surface area contributed by atoms with Gasteiger partial charge < -0.3 is 4.74 Å². The number of hydrogen-bond acceptors (Lipinski definition) is 3. The van der Waals surface area contributed by atoms with E-state index in [4.69, 9.17) is 16.3 Å². The molecule has 0 aliphatic rings. The van der Waals surface area contributed by atoms with E-state index < -0.39 is 0 Å². The Morgan fingerprint density at radius 2 is 2.00 bits per heavy atom. The second-order valence-electron chi connectivity index (χ2n) is 2.33. The zero-order valence-electron chi connectivity index (χ0n) is 7.40. The summed E-state index contributed by atoms with van der Waals surface area (Å²) in [6, 6.07) is 7.38. The quantitative estimate of drug-likeness (QED) is 0.541. The Morgan fingerprint density at radius 3 is 2.54 bits per heavy atom. The van der Waals surface area contributed by atoms with E-state index in [1.807, 2.05) is 24.3 Å². The summed E-state index contributed by atoms with van der Waals surface area (Å²) in [6.45, 7) is 0.524. The third-order valence-electron chi connectivity index (χ3n) is 1.40. The molecule has 1 aromatic carbocycles. The summed E-state index contributed by atoms with van der Waals surface area (Å²) in [6.07, 6.45) is 0. The maximum absolute atomic E-state index is 5.47. The molecule has 0 heterocycles. The van der Waals surface area contributed by atoms with E-state index in [0.717, 1.165) is 11.4 Å². The highest BCUT2D eigenvalue weighted by atomic mass is 35.5. The summed E-state index contributed by atoms with van der Waals surface area (Å²) in [5.74, 6) is 1.30. The molecule has 1 aromatic rings. The van der Waals surface area contributed by atoms with Crippen molar-refractivity contribution in [2.24, 2.45) is 10.2 Å². The van der Waals surface area contributed by atoms with E-state index in [-0.39, 0.29) is 0 Å². The molecule has 0 N–H and O–H groups in total. The van der Waals surface area contributed by atoms with Crippen molar-refractivity contribution >= 4 is 17.3 Å². The first kappa shape index (κ1) is 9.99. The molecule has 0 unspecified atom stereocenters. The van der Waals surface area contributed by atoms with E-state index in [0.29, 0.717) is 12.5 Å². The molecule has 0 amide bonds. The van der Waals surface area contributed by atoms with Gasteiger partial charge in [-0.25, -0.2) is 0 Å². The normalized spacial score (nSPS) is 10.6. The monoisotopic (exact) mass is 198 g/mol. The first-order chi connectivity index (χ1) is 6.36. The standard InChI is InChI=1S/C9H11ClN2O/c1-11-12-8-2-4-9(5-3-8)13-7-6-10/h2-5H,6-7H2,1H3/b12-11+. The Morgan fingerprint density at radius 1 is 1.31 bits per heavy atom. The van der Waals surface area contributed by atoms with Gasteiger partial charge in [0.2, 0.25) is 0 Å². The molecule has 0 saturated heterocycles. The van der Waals surface area contributed by atoms with Gasteiger partial charge in [0.15, 0.2) is 0 Å². The number of halogens is 1. The minimum atomic E-state index is 0.496. The van der Waals surface area contributed by atoms with Crippen LogP contribution in [0.1, 0.15) is 0 Å². The van der Waals surface area contributed by atoms with Crippen molar-refractivity contribution in [1.29, 1.82) is 0 Å². The van der Waals surface area contributed by atoms with Crippen LogP contribution >= 0.6 is 11.6 Å². The molecule has 0 aliphatic carbocycles. The van der Waals surface area contributed by atoms with Gasteiger partial charge in [-0.05, 0) is 24.3 Å². The molecule has 3 nitrogen and oxygen atoms in total. The van der Waals surface area contributed by atoms with Crippen LogP contribution in [0.3, 0.4) is 0 Å². The topological polar surface area (TPSA) is 34.0 Å².